The van der Waals surface area contributed by atoms with Crippen molar-refractivity contribution in [2.75, 3.05) is 13.1 Å². The number of aryl methyl sites for hydroxylation is 1. The summed E-state index contributed by atoms with van der Waals surface area (Å²) in [6.07, 6.45) is 3.13. The molecule has 3 aromatic rings. The van der Waals surface area contributed by atoms with Gasteiger partial charge in [0.15, 0.2) is 0 Å². The highest BCUT2D eigenvalue weighted by Crippen LogP contribution is 2.29. The van der Waals surface area contributed by atoms with E-state index in [0.29, 0.717) is 36.3 Å². The fraction of sp³-hybridized carbons (Fsp3) is 0.316. The number of hydrogen-bond acceptors (Lipinski definition) is 3. The molecule has 4 rings (SSSR count). The zero-order valence-electron chi connectivity index (χ0n) is 14.5. The summed E-state index contributed by atoms with van der Waals surface area (Å²) < 4.78 is 42.5. The summed E-state index contributed by atoms with van der Waals surface area (Å²) in [7, 11) is -3.46. The van der Waals surface area contributed by atoms with Crippen LogP contribution in [0.5, 0.6) is 0 Å². The van der Waals surface area contributed by atoms with Crippen LogP contribution >= 0.6 is 0 Å². The van der Waals surface area contributed by atoms with Crippen molar-refractivity contribution in [1.82, 2.24) is 13.9 Å². The molecule has 1 aromatic heterocycles. The molecule has 136 valence electrons. The maximum Gasteiger partial charge on any atom is 0.243 e. The van der Waals surface area contributed by atoms with E-state index in [1.165, 1.54) is 12.1 Å². The Bertz CT molecular complexity index is 1040. The van der Waals surface area contributed by atoms with Crippen molar-refractivity contribution in [2.45, 2.75) is 30.7 Å². The number of aromatic nitrogens is 2. The molecule has 0 amide bonds. The highest BCUT2D eigenvalue weighted by atomic mass is 32.2. The first-order valence-electron chi connectivity index (χ1n) is 8.64. The zero-order chi connectivity index (χ0) is 18.3. The van der Waals surface area contributed by atoms with Crippen LogP contribution in [-0.4, -0.2) is 35.4 Å². The number of nitrogens with zero attached hydrogens (tertiary/aromatic N) is 3. The lowest BCUT2D eigenvalue weighted by molar-refractivity contribution is 0.277. The van der Waals surface area contributed by atoms with Gasteiger partial charge in [-0.2, -0.15) is 4.31 Å². The summed E-state index contributed by atoms with van der Waals surface area (Å²) in [6.45, 7) is 2.85. The van der Waals surface area contributed by atoms with Gasteiger partial charge in [0.05, 0.1) is 22.3 Å². The fourth-order valence-corrected chi connectivity index (χ4v) is 4.99. The van der Waals surface area contributed by atoms with Crippen LogP contribution in [0, 0.1) is 12.7 Å². The molecule has 0 spiro atoms. The molecular weight excluding hydrogens is 353 g/mol. The zero-order valence-corrected chi connectivity index (χ0v) is 15.3. The summed E-state index contributed by atoms with van der Waals surface area (Å²) in [4.78, 5) is 4.61. The first-order valence-corrected chi connectivity index (χ1v) is 10.1. The number of piperidine rings is 1. The lowest BCUT2D eigenvalue weighted by Crippen LogP contribution is -2.38. The van der Waals surface area contributed by atoms with E-state index in [0.717, 1.165) is 11.1 Å². The Morgan fingerprint density at radius 2 is 1.77 bits per heavy atom. The van der Waals surface area contributed by atoms with E-state index in [1.54, 1.807) is 28.8 Å². The highest BCUT2D eigenvalue weighted by Gasteiger charge is 2.30. The van der Waals surface area contributed by atoms with Crippen LogP contribution in [0.1, 0.15) is 24.4 Å². The van der Waals surface area contributed by atoms with Crippen LogP contribution < -0.4 is 0 Å². The summed E-state index contributed by atoms with van der Waals surface area (Å²) in [6, 6.07) is 11.7. The SMILES string of the molecule is Cc1ccc(S(=O)(=O)N2CCC(n3cnc4cc(F)ccc43)CC2)cc1. The smallest absolute Gasteiger partial charge is 0.243 e. The van der Waals surface area contributed by atoms with Crippen LogP contribution in [0.4, 0.5) is 4.39 Å². The van der Waals surface area contributed by atoms with E-state index < -0.39 is 10.0 Å². The van der Waals surface area contributed by atoms with Crippen LogP contribution in [0.2, 0.25) is 0 Å². The Kier molecular flexibility index (Phi) is 4.28. The highest BCUT2D eigenvalue weighted by molar-refractivity contribution is 7.89. The summed E-state index contributed by atoms with van der Waals surface area (Å²) in [5.74, 6) is -0.304. The van der Waals surface area contributed by atoms with E-state index in [4.69, 9.17) is 0 Å². The lowest BCUT2D eigenvalue weighted by Gasteiger charge is -2.32. The third kappa shape index (κ3) is 3.01. The molecule has 0 aliphatic carbocycles. The Morgan fingerprint density at radius 3 is 2.46 bits per heavy atom. The first kappa shape index (κ1) is 17.2. The molecule has 2 aromatic carbocycles. The van der Waals surface area contributed by atoms with E-state index in [9.17, 15) is 12.8 Å². The predicted molar refractivity (Wildman–Crippen MR) is 97.9 cm³/mol. The maximum atomic E-state index is 13.3. The number of rotatable bonds is 3. The standard InChI is InChI=1S/C19H20FN3O2S/c1-14-2-5-17(6-3-14)26(24,25)22-10-8-16(9-11-22)23-13-21-18-12-15(20)4-7-19(18)23/h2-7,12-13,16H,8-11H2,1H3. The monoisotopic (exact) mass is 373 g/mol. The predicted octanol–water partition coefficient (Wildman–Crippen LogP) is 3.51. The van der Waals surface area contributed by atoms with E-state index in [1.807, 2.05) is 23.6 Å². The molecule has 1 aliphatic heterocycles. The normalized spacial score (nSPS) is 17.0. The Hall–Kier alpha value is -2.25. The Morgan fingerprint density at radius 1 is 1.08 bits per heavy atom. The molecule has 1 fully saturated rings. The number of imidazole rings is 1. The van der Waals surface area contributed by atoms with Crippen molar-refractivity contribution in [3.05, 3.63) is 60.2 Å². The van der Waals surface area contributed by atoms with Crippen LogP contribution in [0.3, 0.4) is 0 Å². The number of hydrogen-bond donors (Lipinski definition) is 0. The second kappa shape index (κ2) is 6.48. The van der Waals surface area contributed by atoms with Crippen molar-refractivity contribution < 1.29 is 12.8 Å². The Balaban J connectivity index is 1.52. The van der Waals surface area contributed by atoms with Crippen molar-refractivity contribution >= 4 is 21.1 Å². The molecule has 26 heavy (non-hydrogen) atoms. The molecule has 0 radical (unpaired) electrons. The molecule has 0 atom stereocenters. The van der Waals surface area contributed by atoms with Gasteiger partial charge in [-0.1, -0.05) is 17.7 Å². The second-order valence-corrected chi connectivity index (χ2v) is 8.67. The number of sulfonamides is 1. The van der Waals surface area contributed by atoms with Gasteiger partial charge < -0.3 is 4.57 Å². The first-order chi connectivity index (χ1) is 12.4. The number of halogens is 1. The summed E-state index contributed by atoms with van der Waals surface area (Å²) in [5.41, 5.74) is 2.54. The van der Waals surface area contributed by atoms with Gasteiger partial charge in [0.1, 0.15) is 5.82 Å². The number of benzene rings is 2. The molecule has 0 saturated carbocycles. The topological polar surface area (TPSA) is 55.2 Å². The molecular formula is C19H20FN3O2S. The lowest BCUT2D eigenvalue weighted by atomic mass is 10.1. The van der Waals surface area contributed by atoms with Crippen LogP contribution in [0.25, 0.3) is 11.0 Å². The molecule has 2 heterocycles. The van der Waals surface area contributed by atoms with Crippen LogP contribution in [-0.2, 0) is 10.0 Å². The third-order valence-electron chi connectivity index (χ3n) is 5.01. The molecule has 0 N–H and O–H groups in total. The molecule has 1 aliphatic rings. The van der Waals surface area contributed by atoms with Gasteiger partial charge in [-0.25, -0.2) is 17.8 Å². The average molecular weight is 373 g/mol. The van der Waals surface area contributed by atoms with Gasteiger partial charge in [0.2, 0.25) is 10.0 Å². The van der Waals surface area contributed by atoms with Gasteiger partial charge in [0, 0.05) is 25.2 Å². The Labute approximate surface area is 152 Å². The van der Waals surface area contributed by atoms with E-state index in [2.05, 4.69) is 4.98 Å². The molecule has 7 heteroatoms. The van der Waals surface area contributed by atoms with E-state index in [-0.39, 0.29) is 11.9 Å². The fourth-order valence-electron chi connectivity index (χ4n) is 3.52. The minimum Gasteiger partial charge on any atom is -0.327 e. The molecule has 5 nitrogen and oxygen atoms in total. The average Bonchev–Trinajstić information content (AvgIpc) is 3.05. The quantitative estimate of drug-likeness (QED) is 0.706. The largest absolute Gasteiger partial charge is 0.327 e. The maximum absolute atomic E-state index is 13.3. The van der Waals surface area contributed by atoms with Gasteiger partial charge >= 0.3 is 0 Å². The minimum atomic E-state index is -3.46. The second-order valence-electron chi connectivity index (χ2n) is 6.73. The molecule has 0 bridgehead atoms. The molecule has 0 unspecified atom stereocenters. The van der Waals surface area contributed by atoms with Crippen molar-refractivity contribution in [1.29, 1.82) is 0 Å². The van der Waals surface area contributed by atoms with Gasteiger partial charge in [-0.3, -0.25) is 0 Å². The van der Waals surface area contributed by atoms with Crippen molar-refractivity contribution in [3.8, 4) is 0 Å². The minimum absolute atomic E-state index is 0.162. The third-order valence-corrected chi connectivity index (χ3v) is 6.93. The number of fused-ring (bicyclic) bond motifs is 1. The van der Waals surface area contributed by atoms with Gasteiger partial charge in [0.25, 0.3) is 0 Å². The van der Waals surface area contributed by atoms with Gasteiger partial charge in [-0.15, -0.1) is 0 Å². The van der Waals surface area contributed by atoms with E-state index >= 15 is 0 Å². The van der Waals surface area contributed by atoms with Crippen molar-refractivity contribution in [3.63, 3.8) is 0 Å². The summed E-state index contributed by atoms with van der Waals surface area (Å²) in [5, 5.41) is 0. The molecule has 1 saturated heterocycles. The summed E-state index contributed by atoms with van der Waals surface area (Å²) >= 11 is 0. The van der Waals surface area contributed by atoms with Crippen molar-refractivity contribution in [2.24, 2.45) is 0 Å². The van der Waals surface area contributed by atoms with Crippen LogP contribution in [0.15, 0.2) is 53.7 Å². The van der Waals surface area contributed by atoms with Gasteiger partial charge in [-0.05, 0) is 44.0 Å².